The zero-order chi connectivity index (χ0) is 9.97. The quantitative estimate of drug-likeness (QED) is 0.567. The summed E-state index contributed by atoms with van der Waals surface area (Å²) < 4.78 is 0. The van der Waals surface area contributed by atoms with Gasteiger partial charge in [-0.25, -0.2) is 0 Å². The van der Waals surface area contributed by atoms with Gasteiger partial charge in [0.25, 0.3) is 0 Å². The third-order valence-corrected chi connectivity index (χ3v) is 2.20. The van der Waals surface area contributed by atoms with Crippen molar-refractivity contribution in [2.45, 2.75) is 0 Å². The molecule has 0 aliphatic heterocycles. The highest BCUT2D eigenvalue weighted by molar-refractivity contribution is 5.92. The Bertz CT molecular complexity index is 515. The first-order chi connectivity index (χ1) is 6.86. The lowest BCUT2D eigenvalue weighted by atomic mass is 10.0. The Morgan fingerprint density at radius 2 is 1.50 bits per heavy atom. The van der Waals surface area contributed by atoms with Crippen LogP contribution in [0.3, 0.4) is 0 Å². The van der Waals surface area contributed by atoms with Crippen LogP contribution in [0, 0.1) is 23.7 Å². The molecule has 0 aliphatic rings. The van der Waals surface area contributed by atoms with Gasteiger partial charge in [-0.05, 0) is 17.5 Å². The summed E-state index contributed by atoms with van der Waals surface area (Å²) in [5.74, 6) is 2.61. The van der Waals surface area contributed by atoms with E-state index < -0.39 is 0 Å². The predicted octanol–water partition coefficient (Wildman–Crippen LogP) is 2.69. The van der Waals surface area contributed by atoms with Gasteiger partial charge in [-0.3, -0.25) is 0 Å². The Hall–Kier alpha value is -2.25. The van der Waals surface area contributed by atoms with E-state index in [1.165, 1.54) is 0 Å². The Kier molecular flexibility index (Phi) is 1.94. The molecular weight excluding hydrogens is 170 g/mol. The van der Waals surface area contributed by atoms with Crippen molar-refractivity contribution in [3.05, 3.63) is 47.5 Å². The summed E-state index contributed by atoms with van der Waals surface area (Å²) >= 11 is 0. The number of nitrogens with zero attached hydrogens (tertiary/aromatic N) is 1. The third kappa shape index (κ3) is 1.13. The second-order valence-corrected chi connectivity index (χ2v) is 2.96. The van der Waals surface area contributed by atoms with E-state index in [1.807, 2.05) is 30.3 Å². The van der Waals surface area contributed by atoms with Crippen molar-refractivity contribution in [1.82, 2.24) is 0 Å². The molecule has 0 fully saturated rings. The van der Waals surface area contributed by atoms with Gasteiger partial charge in [-0.1, -0.05) is 30.2 Å². The van der Waals surface area contributed by atoms with E-state index in [9.17, 15) is 0 Å². The number of rotatable bonds is 0. The molecule has 0 aliphatic carbocycles. The molecule has 14 heavy (non-hydrogen) atoms. The van der Waals surface area contributed by atoms with Crippen molar-refractivity contribution in [3.63, 3.8) is 0 Å². The highest BCUT2D eigenvalue weighted by Crippen LogP contribution is 2.21. The van der Waals surface area contributed by atoms with Crippen LogP contribution in [0.4, 0.5) is 0 Å². The molecule has 0 N–H and O–H groups in total. The van der Waals surface area contributed by atoms with Crippen molar-refractivity contribution in [2.24, 2.45) is 0 Å². The zero-order valence-corrected chi connectivity index (χ0v) is 7.49. The van der Waals surface area contributed by atoms with Crippen molar-refractivity contribution in [1.29, 1.82) is 5.26 Å². The Morgan fingerprint density at radius 1 is 0.929 bits per heavy atom. The molecule has 0 bridgehead atoms. The molecule has 1 heteroatoms. The molecule has 0 heterocycles. The maximum absolute atomic E-state index is 8.90. The maximum atomic E-state index is 8.90. The number of hydrogen-bond acceptors (Lipinski definition) is 1. The van der Waals surface area contributed by atoms with Crippen LogP contribution in [0.25, 0.3) is 10.8 Å². The third-order valence-electron chi connectivity index (χ3n) is 2.20. The van der Waals surface area contributed by atoms with Crippen molar-refractivity contribution in [3.8, 4) is 18.4 Å². The number of terminal acetylenes is 1. The van der Waals surface area contributed by atoms with Crippen LogP contribution in [-0.4, -0.2) is 0 Å². The van der Waals surface area contributed by atoms with Crippen molar-refractivity contribution < 1.29 is 0 Å². The predicted molar refractivity (Wildman–Crippen MR) is 56.6 cm³/mol. The van der Waals surface area contributed by atoms with Crippen LogP contribution in [0.1, 0.15) is 11.1 Å². The molecule has 2 aromatic rings. The normalized spacial score (nSPS) is 9.29. The highest BCUT2D eigenvalue weighted by Gasteiger charge is 2.01. The first-order valence-corrected chi connectivity index (χ1v) is 4.25. The van der Waals surface area contributed by atoms with Crippen molar-refractivity contribution in [2.75, 3.05) is 0 Å². The van der Waals surface area contributed by atoms with Gasteiger partial charge in [0, 0.05) is 10.9 Å². The molecule has 0 atom stereocenters. The summed E-state index contributed by atoms with van der Waals surface area (Å²) in [6.45, 7) is 0. The maximum Gasteiger partial charge on any atom is 0.0998 e. The van der Waals surface area contributed by atoms with Crippen LogP contribution in [-0.2, 0) is 0 Å². The van der Waals surface area contributed by atoms with Gasteiger partial charge in [0.1, 0.15) is 0 Å². The van der Waals surface area contributed by atoms with Crippen molar-refractivity contribution >= 4 is 10.8 Å². The lowest BCUT2D eigenvalue weighted by molar-refractivity contribution is 1.50. The summed E-state index contributed by atoms with van der Waals surface area (Å²) in [7, 11) is 0. The number of benzene rings is 2. The minimum atomic E-state index is 0.666. The summed E-state index contributed by atoms with van der Waals surface area (Å²) in [5.41, 5.74) is 1.50. The zero-order valence-electron chi connectivity index (χ0n) is 7.49. The number of nitriles is 1. The molecule has 2 aromatic carbocycles. The standard InChI is InChI=1S/C13H7N/c1-2-10-5-3-8-13-11(9-14)6-4-7-12(10)13/h1,3-8H. The first-order valence-electron chi connectivity index (χ1n) is 4.25. The highest BCUT2D eigenvalue weighted by atomic mass is 14.2. The molecular formula is C13H7N. The molecule has 2 rings (SSSR count). The van der Waals surface area contributed by atoms with Crippen LogP contribution >= 0.6 is 0 Å². The summed E-state index contributed by atoms with van der Waals surface area (Å²) in [5, 5.41) is 10.8. The van der Waals surface area contributed by atoms with Crippen LogP contribution < -0.4 is 0 Å². The van der Waals surface area contributed by atoms with E-state index in [2.05, 4.69) is 12.0 Å². The Labute approximate surface area is 82.6 Å². The molecule has 0 unspecified atom stereocenters. The fraction of sp³-hybridized carbons (Fsp3) is 0. The average Bonchev–Trinajstić information content (AvgIpc) is 2.27. The molecule has 64 valence electrons. The van der Waals surface area contributed by atoms with Gasteiger partial charge in [-0.2, -0.15) is 5.26 Å². The lowest BCUT2D eigenvalue weighted by Crippen LogP contribution is -1.82. The van der Waals surface area contributed by atoms with Gasteiger partial charge in [0.15, 0.2) is 0 Å². The van der Waals surface area contributed by atoms with E-state index in [4.69, 9.17) is 11.7 Å². The van der Waals surface area contributed by atoms with Crippen LogP contribution in [0.2, 0.25) is 0 Å². The summed E-state index contributed by atoms with van der Waals surface area (Å²) in [4.78, 5) is 0. The molecule has 1 nitrogen and oxygen atoms in total. The van der Waals surface area contributed by atoms with E-state index >= 15 is 0 Å². The van der Waals surface area contributed by atoms with Gasteiger partial charge in [-0.15, -0.1) is 6.42 Å². The smallest absolute Gasteiger partial charge is 0.0998 e. The number of fused-ring (bicyclic) bond motifs is 1. The molecule has 0 spiro atoms. The first kappa shape index (κ1) is 8.35. The summed E-state index contributed by atoms with van der Waals surface area (Å²) in [6, 6.07) is 13.4. The topological polar surface area (TPSA) is 23.8 Å². The van der Waals surface area contributed by atoms with E-state index in [1.54, 1.807) is 6.07 Å². The Morgan fingerprint density at radius 3 is 2.07 bits per heavy atom. The van der Waals surface area contributed by atoms with Crippen LogP contribution in [0.15, 0.2) is 36.4 Å². The molecule has 0 saturated heterocycles. The largest absolute Gasteiger partial charge is 0.192 e. The van der Waals surface area contributed by atoms with Gasteiger partial charge >= 0.3 is 0 Å². The van der Waals surface area contributed by atoms with Gasteiger partial charge in [0.2, 0.25) is 0 Å². The van der Waals surface area contributed by atoms with Crippen LogP contribution in [0.5, 0.6) is 0 Å². The van der Waals surface area contributed by atoms with Gasteiger partial charge in [0.05, 0.1) is 11.6 Å². The second kappa shape index (κ2) is 3.24. The van der Waals surface area contributed by atoms with Gasteiger partial charge < -0.3 is 0 Å². The molecule has 0 amide bonds. The minimum Gasteiger partial charge on any atom is -0.192 e. The SMILES string of the molecule is C#Cc1cccc2c(C#N)cccc12. The second-order valence-electron chi connectivity index (χ2n) is 2.96. The van der Waals surface area contributed by atoms with E-state index in [0.29, 0.717) is 5.56 Å². The lowest BCUT2D eigenvalue weighted by Gasteiger charge is -2.01. The summed E-state index contributed by atoms with van der Waals surface area (Å²) in [6.07, 6.45) is 5.37. The van der Waals surface area contributed by atoms with E-state index in [0.717, 1.165) is 16.3 Å². The molecule has 0 aromatic heterocycles. The monoisotopic (exact) mass is 177 g/mol. The Balaban J connectivity index is 2.95. The minimum absolute atomic E-state index is 0.666. The molecule has 0 saturated carbocycles. The number of hydrogen-bond donors (Lipinski definition) is 0. The van der Waals surface area contributed by atoms with E-state index in [-0.39, 0.29) is 0 Å². The fourth-order valence-electron chi connectivity index (χ4n) is 1.53. The average molecular weight is 177 g/mol. The fourth-order valence-corrected chi connectivity index (χ4v) is 1.53. The molecule has 0 radical (unpaired) electrons.